The zero-order chi connectivity index (χ0) is 19.2. The lowest BCUT2D eigenvalue weighted by Crippen LogP contribution is -2.30. The minimum absolute atomic E-state index is 0.114. The third-order valence-corrected chi connectivity index (χ3v) is 4.61. The highest BCUT2D eigenvalue weighted by atomic mass is 16.6. The van der Waals surface area contributed by atoms with E-state index in [4.69, 9.17) is 4.74 Å². The predicted molar refractivity (Wildman–Crippen MR) is 101 cm³/mol. The van der Waals surface area contributed by atoms with Crippen molar-refractivity contribution in [2.45, 2.75) is 32.8 Å². The van der Waals surface area contributed by atoms with Crippen LogP contribution in [0.25, 0.3) is 17.0 Å². The Hall–Kier alpha value is -2.90. The molecule has 4 rings (SSSR count). The second-order valence-corrected chi connectivity index (χ2v) is 7.97. The number of rotatable bonds is 3. The Kier molecular flexibility index (Phi) is 4.13. The van der Waals surface area contributed by atoms with Crippen LogP contribution in [-0.2, 0) is 16.6 Å². The molecule has 8 heteroatoms. The van der Waals surface area contributed by atoms with Crippen LogP contribution < -0.4 is 4.90 Å². The van der Waals surface area contributed by atoms with Gasteiger partial charge in [-0.15, -0.1) is 0 Å². The van der Waals surface area contributed by atoms with Gasteiger partial charge in [0.2, 0.25) is 5.78 Å². The highest BCUT2D eigenvalue weighted by Gasteiger charge is 2.33. The summed E-state index contributed by atoms with van der Waals surface area (Å²) >= 11 is 0. The summed E-state index contributed by atoms with van der Waals surface area (Å²) in [6, 6.07) is 1.95. The second-order valence-electron chi connectivity index (χ2n) is 7.97. The van der Waals surface area contributed by atoms with E-state index in [2.05, 4.69) is 20.0 Å². The van der Waals surface area contributed by atoms with Crippen LogP contribution in [0.3, 0.4) is 0 Å². The van der Waals surface area contributed by atoms with Gasteiger partial charge in [-0.1, -0.05) is 0 Å². The first-order chi connectivity index (χ1) is 12.8. The third-order valence-electron chi connectivity index (χ3n) is 4.61. The number of fused-ring (bicyclic) bond motifs is 1. The van der Waals surface area contributed by atoms with Crippen molar-refractivity contribution in [1.82, 2.24) is 24.1 Å². The second kappa shape index (κ2) is 6.37. The minimum atomic E-state index is -0.458. The lowest BCUT2D eigenvalue weighted by atomic mass is 10.1. The van der Waals surface area contributed by atoms with E-state index in [0.29, 0.717) is 12.3 Å². The average molecular weight is 368 g/mol. The summed E-state index contributed by atoms with van der Waals surface area (Å²) in [7, 11) is 1.88. The summed E-state index contributed by atoms with van der Waals surface area (Å²) in [4.78, 5) is 23.6. The maximum absolute atomic E-state index is 12.4. The van der Waals surface area contributed by atoms with E-state index in [1.165, 1.54) is 0 Å². The van der Waals surface area contributed by atoms with Crippen LogP contribution >= 0.6 is 0 Å². The predicted octanol–water partition coefficient (Wildman–Crippen LogP) is 2.30. The van der Waals surface area contributed by atoms with Crippen LogP contribution in [-0.4, -0.2) is 48.8 Å². The zero-order valence-corrected chi connectivity index (χ0v) is 16.1. The van der Waals surface area contributed by atoms with Gasteiger partial charge in [0.15, 0.2) is 0 Å². The number of anilines is 1. The van der Waals surface area contributed by atoms with Gasteiger partial charge in [0.05, 0.1) is 24.0 Å². The van der Waals surface area contributed by atoms with Gasteiger partial charge < -0.3 is 9.64 Å². The van der Waals surface area contributed by atoms with E-state index in [-0.39, 0.29) is 11.9 Å². The summed E-state index contributed by atoms with van der Waals surface area (Å²) in [5, 5.41) is 4.19. The number of aromatic nitrogens is 5. The van der Waals surface area contributed by atoms with Crippen LogP contribution in [0.15, 0.2) is 30.9 Å². The average Bonchev–Trinajstić information content (AvgIpc) is 3.31. The fraction of sp³-hybridized carbons (Fsp3) is 0.474. The van der Waals surface area contributed by atoms with E-state index in [9.17, 15) is 4.79 Å². The molecule has 0 spiro atoms. The van der Waals surface area contributed by atoms with Crippen LogP contribution in [0.2, 0.25) is 0 Å². The maximum atomic E-state index is 12.4. The molecule has 8 nitrogen and oxygen atoms in total. The molecular formula is C19H24N6O2. The van der Waals surface area contributed by atoms with Crippen molar-refractivity contribution >= 4 is 17.6 Å². The Morgan fingerprint density at radius 2 is 2.11 bits per heavy atom. The molecule has 4 heterocycles. The van der Waals surface area contributed by atoms with Crippen molar-refractivity contribution in [3.8, 4) is 11.3 Å². The Balaban J connectivity index is 1.54. The van der Waals surface area contributed by atoms with Crippen molar-refractivity contribution in [1.29, 1.82) is 0 Å². The molecular weight excluding hydrogens is 344 g/mol. The molecule has 0 aromatic carbocycles. The summed E-state index contributed by atoms with van der Waals surface area (Å²) in [6.45, 7) is 7.12. The van der Waals surface area contributed by atoms with Crippen LogP contribution in [0, 0.1) is 5.92 Å². The van der Waals surface area contributed by atoms with E-state index >= 15 is 0 Å². The van der Waals surface area contributed by atoms with E-state index in [0.717, 1.165) is 30.0 Å². The van der Waals surface area contributed by atoms with Gasteiger partial charge in [0, 0.05) is 38.1 Å². The van der Waals surface area contributed by atoms with Crippen LogP contribution in [0.1, 0.15) is 27.2 Å². The molecule has 1 atom stereocenters. The normalized spacial score (nSPS) is 17.6. The van der Waals surface area contributed by atoms with Crippen LogP contribution in [0.5, 0.6) is 0 Å². The smallest absolute Gasteiger partial charge is 0.311 e. The third kappa shape index (κ3) is 3.51. The number of hydrogen-bond acceptors (Lipinski definition) is 6. The molecule has 0 N–H and O–H groups in total. The largest absolute Gasteiger partial charge is 0.460 e. The number of aryl methyl sites for hydroxylation is 1. The topological polar surface area (TPSA) is 77.5 Å². The molecule has 1 saturated heterocycles. The van der Waals surface area contributed by atoms with Crippen molar-refractivity contribution in [3.63, 3.8) is 0 Å². The highest BCUT2D eigenvalue weighted by Crippen LogP contribution is 2.27. The van der Waals surface area contributed by atoms with Gasteiger partial charge in [-0.2, -0.15) is 5.10 Å². The van der Waals surface area contributed by atoms with Crippen molar-refractivity contribution in [2.24, 2.45) is 13.0 Å². The van der Waals surface area contributed by atoms with E-state index in [1.807, 2.05) is 56.9 Å². The molecule has 27 heavy (non-hydrogen) atoms. The van der Waals surface area contributed by atoms with Crippen LogP contribution in [0.4, 0.5) is 5.82 Å². The summed E-state index contributed by atoms with van der Waals surface area (Å²) < 4.78 is 9.24. The fourth-order valence-electron chi connectivity index (χ4n) is 3.35. The van der Waals surface area contributed by atoms with Gasteiger partial charge >= 0.3 is 5.97 Å². The Morgan fingerprint density at radius 3 is 2.81 bits per heavy atom. The number of carbonyl (C=O) groups is 1. The van der Waals surface area contributed by atoms with Gasteiger partial charge in [-0.25, -0.2) is 9.97 Å². The molecule has 0 saturated carbocycles. The monoisotopic (exact) mass is 368 g/mol. The number of nitrogens with zero attached hydrogens (tertiary/aromatic N) is 6. The number of esters is 1. The molecule has 0 aliphatic carbocycles. The quantitative estimate of drug-likeness (QED) is 0.660. The molecule has 142 valence electrons. The Labute approximate surface area is 157 Å². The molecule has 0 amide bonds. The molecule has 3 aromatic heterocycles. The van der Waals surface area contributed by atoms with E-state index in [1.54, 1.807) is 10.9 Å². The molecule has 3 aromatic rings. The summed E-state index contributed by atoms with van der Waals surface area (Å²) in [5.74, 6) is 1.33. The number of carbonyl (C=O) groups excluding carboxylic acids is 1. The first-order valence-electron chi connectivity index (χ1n) is 9.11. The van der Waals surface area contributed by atoms with Gasteiger partial charge in [-0.05, 0) is 33.3 Å². The minimum Gasteiger partial charge on any atom is -0.460 e. The van der Waals surface area contributed by atoms with E-state index < -0.39 is 5.60 Å². The van der Waals surface area contributed by atoms with Crippen molar-refractivity contribution < 1.29 is 9.53 Å². The first kappa shape index (κ1) is 17.5. The molecule has 0 radical (unpaired) electrons. The first-order valence-corrected chi connectivity index (χ1v) is 9.11. The number of hydrogen-bond donors (Lipinski definition) is 0. The number of ether oxygens (including phenoxy) is 1. The Bertz CT molecular complexity index is 984. The standard InChI is InChI=1S/C19H24N6O2/c1-19(2,3)27-17(26)13-5-7-24(12-13)16-10-20-18-22-15(6-8-25(16)18)14-9-21-23(4)11-14/h6,8-11,13H,5,7,12H2,1-4H3. The lowest BCUT2D eigenvalue weighted by molar-refractivity contribution is -0.159. The summed E-state index contributed by atoms with van der Waals surface area (Å²) in [5.41, 5.74) is 1.33. The molecule has 0 bridgehead atoms. The SMILES string of the molecule is Cn1cc(-c2ccn3c(N4CCC(C(=O)OC(C)(C)C)C4)cnc3n2)cn1. The van der Waals surface area contributed by atoms with Gasteiger partial charge in [0.1, 0.15) is 11.4 Å². The maximum Gasteiger partial charge on any atom is 0.311 e. The van der Waals surface area contributed by atoms with Gasteiger partial charge in [0.25, 0.3) is 0 Å². The summed E-state index contributed by atoms with van der Waals surface area (Å²) in [6.07, 6.45) is 8.27. The Morgan fingerprint density at radius 1 is 1.30 bits per heavy atom. The molecule has 1 aliphatic heterocycles. The fourth-order valence-corrected chi connectivity index (χ4v) is 3.35. The molecule has 1 aliphatic rings. The van der Waals surface area contributed by atoms with Gasteiger partial charge in [-0.3, -0.25) is 13.9 Å². The lowest BCUT2D eigenvalue weighted by Gasteiger charge is -2.22. The van der Waals surface area contributed by atoms with Crippen molar-refractivity contribution in [2.75, 3.05) is 18.0 Å². The number of imidazole rings is 1. The van der Waals surface area contributed by atoms with Crippen molar-refractivity contribution in [3.05, 3.63) is 30.9 Å². The molecule has 1 unspecified atom stereocenters. The molecule has 1 fully saturated rings. The zero-order valence-electron chi connectivity index (χ0n) is 16.1. The highest BCUT2D eigenvalue weighted by molar-refractivity contribution is 5.74.